The molecule has 21 heavy (non-hydrogen) atoms. The van der Waals surface area contributed by atoms with E-state index in [0.29, 0.717) is 17.2 Å². The summed E-state index contributed by atoms with van der Waals surface area (Å²) in [5, 5.41) is 7.30. The number of unbranched alkanes of at least 4 members (excludes halogenated alkanes) is 1. The normalized spacial score (nSPS) is 12.4. The first-order valence-electron chi connectivity index (χ1n) is 6.12. The van der Waals surface area contributed by atoms with Gasteiger partial charge in [-0.3, -0.25) is 4.79 Å². The lowest BCUT2D eigenvalue weighted by atomic mass is 10.3. The van der Waals surface area contributed by atoms with Gasteiger partial charge in [0.15, 0.2) is 0 Å². The van der Waals surface area contributed by atoms with E-state index >= 15 is 0 Å². The predicted octanol–water partition coefficient (Wildman–Crippen LogP) is 1.23. The van der Waals surface area contributed by atoms with Gasteiger partial charge < -0.3 is 9.88 Å². The number of sulfonamides is 1. The quantitative estimate of drug-likeness (QED) is 0.769. The first kappa shape index (κ1) is 17.5. The molecule has 1 aromatic heterocycles. The van der Waals surface area contributed by atoms with Crippen molar-refractivity contribution in [3.63, 3.8) is 0 Å². The number of carbonyl (C=O) groups excluding carboxylic acids is 1. The lowest BCUT2D eigenvalue weighted by Crippen LogP contribution is -2.28. The summed E-state index contributed by atoms with van der Waals surface area (Å²) in [5.41, 5.74) is -0.396. The van der Waals surface area contributed by atoms with Crippen LogP contribution < -0.4 is 10.5 Å². The van der Waals surface area contributed by atoms with Crippen molar-refractivity contribution in [2.24, 2.45) is 5.14 Å². The summed E-state index contributed by atoms with van der Waals surface area (Å²) in [6, 6.07) is 0.836. The van der Waals surface area contributed by atoms with Crippen LogP contribution in [-0.4, -0.2) is 31.6 Å². The van der Waals surface area contributed by atoms with Crippen molar-refractivity contribution in [3.8, 4) is 0 Å². The summed E-state index contributed by atoms with van der Waals surface area (Å²) < 4.78 is 60.3. The average Bonchev–Trinajstić information content (AvgIpc) is 2.70. The third-order valence-electron chi connectivity index (χ3n) is 2.60. The molecule has 0 spiro atoms. The fourth-order valence-corrected chi connectivity index (χ4v) is 2.17. The second-order valence-electron chi connectivity index (χ2n) is 4.46. The molecule has 0 unspecified atom stereocenters. The second-order valence-corrected chi connectivity index (χ2v) is 6.02. The maximum Gasteiger partial charge on any atom is 0.406 e. The lowest BCUT2D eigenvalue weighted by molar-refractivity contribution is -0.140. The molecule has 1 rings (SSSR count). The zero-order chi connectivity index (χ0) is 16.3. The zero-order valence-corrected chi connectivity index (χ0v) is 12.1. The highest BCUT2D eigenvalue weighted by Crippen LogP contribution is 2.21. The Kier molecular flexibility index (Phi) is 5.40. The lowest BCUT2D eigenvalue weighted by Gasteiger charge is -2.11. The van der Waals surface area contributed by atoms with Crippen LogP contribution >= 0.6 is 0 Å². The van der Waals surface area contributed by atoms with Crippen molar-refractivity contribution < 1.29 is 26.4 Å². The Morgan fingerprint density at radius 2 is 2.05 bits per heavy atom. The molecule has 0 fully saturated rings. The van der Waals surface area contributed by atoms with Crippen LogP contribution in [0.4, 0.5) is 13.2 Å². The van der Waals surface area contributed by atoms with Gasteiger partial charge in [-0.2, -0.15) is 13.2 Å². The van der Waals surface area contributed by atoms with Crippen molar-refractivity contribution >= 4 is 15.9 Å². The number of carbonyl (C=O) groups is 1. The maximum absolute atomic E-state index is 12.5. The zero-order valence-electron chi connectivity index (χ0n) is 11.3. The Balaban J connectivity index is 3.09. The van der Waals surface area contributed by atoms with E-state index in [0.717, 1.165) is 12.5 Å². The fourth-order valence-electron chi connectivity index (χ4n) is 1.62. The number of hydrogen-bond donors (Lipinski definition) is 2. The third kappa shape index (κ3) is 5.38. The Hall–Kier alpha value is -1.55. The molecule has 0 bridgehead atoms. The highest BCUT2D eigenvalue weighted by Gasteiger charge is 2.31. The topological polar surface area (TPSA) is 94.2 Å². The van der Waals surface area contributed by atoms with E-state index < -0.39 is 39.2 Å². The molecule has 0 radical (unpaired) electrons. The van der Waals surface area contributed by atoms with Crippen molar-refractivity contribution in [2.75, 3.05) is 6.54 Å². The highest BCUT2D eigenvalue weighted by atomic mass is 32.2. The molecular formula is C11H16F3N3O3S. The minimum atomic E-state index is -4.59. The summed E-state index contributed by atoms with van der Waals surface area (Å²) in [5.74, 6) is -0.775. The molecule has 0 saturated heterocycles. The van der Waals surface area contributed by atoms with Crippen molar-refractivity contribution in [2.45, 2.75) is 37.4 Å². The first-order chi connectivity index (χ1) is 9.54. The molecule has 10 heteroatoms. The van der Waals surface area contributed by atoms with E-state index in [9.17, 15) is 26.4 Å². The molecule has 0 aliphatic rings. The van der Waals surface area contributed by atoms with E-state index in [2.05, 4.69) is 5.32 Å². The van der Waals surface area contributed by atoms with Gasteiger partial charge in [0.1, 0.15) is 17.1 Å². The standard InChI is InChI=1S/C11H16F3N3O3S/c1-2-3-4-16-10(18)9-5-8(21(15,19)20)6-17(9)7-11(12,13)14/h5-6H,2-4,7H2,1H3,(H,16,18)(H2,15,19,20). The maximum atomic E-state index is 12.5. The van der Waals surface area contributed by atoms with Crippen LogP contribution in [0.2, 0.25) is 0 Å². The van der Waals surface area contributed by atoms with Crippen LogP contribution in [0.3, 0.4) is 0 Å². The molecule has 0 aliphatic heterocycles. The second kappa shape index (κ2) is 6.48. The van der Waals surface area contributed by atoms with Gasteiger partial charge in [0.25, 0.3) is 5.91 Å². The summed E-state index contributed by atoms with van der Waals surface area (Å²) in [4.78, 5) is 11.3. The van der Waals surface area contributed by atoms with E-state index in [1.807, 2.05) is 6.92 Å². The summed E-state index contributed by atoms with van der Waals surface area (Å²) in [6.07, 6.45) is -2.43. The Morgan fingerprint density at radius 1 is 1.43 bits per heavy atom. The molecule has 1 amide bonds. The van der Waals surface area contributed by atoms with Crippen LogP contribution in [0, 0.1) is 0 Å². The van der Waals surface area contributed by atoms with Crippen LogP contribution in [0.25, 0.3) is 0 Å². The number of nitrogens with two attached hydrogens (primary N) is 1. The van der Waals surface area contributed by atoms with Gasteiger partial charge in [-0.25, -0.2) is 13.6 Å². The van der Waals surface area contributed by atoms with Gasteiger partial charge in [0, 0.05) is 12.7 Å². The number of alkyl halides is 3. The van der Waals surface area contributed by atoms with Gasteiger partial charge in [0.2, 0.25) is 10.0 Å². The van der Waals surface area contributed by atoms with Crippen molar-refractivity contribution in [1.29, 1.82) is 0 Å². The van der Waals surface area contributed by atoms with E-state index in [1.165, 1.54) is 0 Å². The molecule has 0 atom stereocenters. The number of primary sulfonamides is 1. The Labute approximate surface area is 120 Å². The smallest absolute Gasteiger partial charge is 0.351 e. The van der Waals surface area contributed by atoms with E-state index in [-0.39, 0.29) is 6.54 Å². The molecule has 1 aromatic rings. The Bertz CT molecular complexity index is 608. The van der Waals surface area contributed by atoms with Crippen molar-refractivity contribution in [3.05, 3.63) is 18.0 Å². The molecular weight excluding hydrogens is 311 g/mol. The number of halogens is 3. The molecule has 6 nitrogen and oxygen atoms in total. The number of aromatic nitrogens is 1. The minimum Gasteiger partial charge on any atom is -0.351 e. The average molecular weight is 327 g/mol. The number of nitrogens with one attached hydrogen (secondary N) is 1. The predicted molar refractivity (Wildman–Crippen MR) is 69.1 cm³/mol. The Morgan fingerprint density at radius 3 is 2.52 bits per heavy atom. The summed E-state index contributed by atoms with van der Waals surface area (Å²) in [7, 11) is -4.19. The molecule has 120 valence electrons. The first-order valence-corrected chi connectivity index (χ1v) is 7.67. The molecule has 1 heterocycles. The van der Waals surface area contributed by atoms with E-state index in [1.54, 1.807) is 0 Å². The van der Waals surface area contributed by atoms with Crippen LogP contribution in [-0.2, 0) is 16.6 Å². The minimum absolute atomic E-state index is 0.289. The number of amides is 1. The largest absolute Gasteiger partial charge is 0.406 e. The number of rotatable bonds is 6. The molecule has 0 aromatic carbocycles. The molecule has 3 N–H and O–H groups in total. The van der Waals surface area contributed by atoms with Gasteiger partial charge >= 0.3 is 6.18 Å². The van der Waals surface area contributed by atoms with Crippen molar-refractivity contribution in [1.82, 2.24) is 9.88 Å². The third-order valence-corrected chi connectivity index (χ3v) is 3.48. The number of hydrogen-bond acceptors (Lipinski definition) is 3. The molecule has 0 aliphatic carbocycles. The van der Waals surface area contributed by atoms with Gasteiger partial charge in [-0.1, -0.05) is 13.3 Å². The van der Waals surface area contributed by atoms with Crippen LogP contribution in [0.5, 0.6) is 0 Å². The van der Waals surface area contributed by atoms with Gasteiger partial charge in [-0.15, -0.1) is 0 Å². The van der Waals surface area contributed by atoms with Crippen LogP contribution in [0.1, 0.15) is 30.3 Å². The number of nitrogens with zero attached hydrogens (tertiary/aromatic N) is 1. The molecule has 0 saturated carbocycles. The monoisotopic (exact) mass is 327 g/mol. The fraction of sp³-hybridized carbons (Fsp3) is 0.545. The highest BCUT2D eigenvalue weighted by molar-refractivity contribution is 7.89. The van der Waals surface area contributed by atoms with Gasteiger partial charge in [-0.05, 0) is 12.5 Å². The SMILES string of the molecule is CCCCNC(=O)c1cc(S(N)(=O)=O)cn1CC(F)(F)F. The van der Waals surface area contributed by atoms with Crippen LogP contribution in [0.15, 0.2) is 17.2 Å². The van der Waals surface area contributed by atoms with E-state index in [4.69, 9.17) is 5.14 Å². The summed E-state index contributed by atoms with van der Waals surface area (Å²) in [6.45, 7) is 0.702. The van der Waals surface area contributed by atoms with Gasteiger partial charge in [0.05, 0.1) is 0 Å². The summed E-state index contributed by atoms with van der Waals surface area (Å²) >= 11 is 0.